The molecule has 0 heterocycles. The Labute approximate surface area is 120 Å². The quantitative estimate of drug-likeness (QED) is 0.494. The molecule has 6 nitrogen and oxygen atoms in total. The molecule has 0 unspecified atom stereocenters. The minimum absolute atomic E-state index is 0.146. The molecule has 0 bridgehead atoms. The Morgan fingerprint density at radius 2 is 2.25 bits per heavy atom. The Hall–Kier alpha value is -2.34. The first-order valence-electron chi connectivity index (χ1n) is 5.52. The highest BCUT2D eigenvalue weighted by atomic mass is 35.5. The van der Waals surface area contributed by atoms with Crippen LogP contribution in [0, 0.1) is 10.1 Å². The van der Waals surface area contributed by atoms with Crippen LogP contribution in [-0.2, 0) is 4.79 Å². The van der Waals surface area contributed by atoms with Crippen molar-refractivity contribution in [1.82, 2.24) is 0 Å². The monoisotopic (exact) mass is 297 g/mol. The molecule has 0 aromatic heterocycles. The number of nitrogens with zero attached hydrogens (tertiary/aromatic N) is 1. The van der Waals surface area contributed by atoms with Crippen molar-refractivity contribution in [2.45, 2.75) is 6.92 Å². The Morgan fingerprint density at radius 1 is 1.55 bits per heavy atom. The molecule has 0 spiro atoms. The summed E-state index contributed by atoms with van der Waals surface area (Å²) in [5, 5.41) is 19.3. The molecule has 0 saturated heterocycles. The molecule has 1 rings (SSSR count). The number of rotatable bonds is 6. The van der Waals surface area contributed by atoms with Gasteiger partial charge in [-0.25, -0.2) is 4.79 Å². The number of non-ortho nitro benzene ring substituents is 1. The standard InChI is InChI=1S/C13H12ClNO5/c1-9(7-14)8-20-12-4-3-11(15(18)19)6-10(12)2-5-13(16)17/h2-7H,8H2,1H3,(H,16,17)/b5-2+,9-7-. The largest absolute Gasteiger partial charge is 0.489 e. The molecule has 1 aromatic rings. The van der Waals surface area contributed by atoms with Gasteiger partial charge in [-0.15, -0.1) is 0 Å². The zero-order valence-electron chi connectivity index (χ0n) is 10.6. The van der Waals surface area contributed by atoms with Crippen LogP contribution in [0.3, 0.4) is 0 Å². The van der Waals surface area contributed by atoms with Crippen molar-refractivity contribution in [3.63, 3.8) is 0 Å². The molecule has 1 N–H and O–H groups in total. The van der Waals surface area contributed by atoms with E-state index in [2.05, 4.69) is 0 Å². The van der Waals surface area contributed by atoms with Crippen LogP contribution in [0.4, 0.5) is 5.69 Å². The molecular formula is C13H12ClNO5. The lowest BCUT2D eigenvalue weighted by Gasteiger charge is -2.09. The van der Waals surface area contributed by atoms with E-state index in [4.69, 9.17) is 21.4 Å². The third kappa shape index (κ3) is 4.74. The first-order valence-corrected chi connectivity index (χ1v) is 5.95. The fraction of sp³-hybridized carbons (Fsp3) is 0.154. The number of carbonyl (C=O) groups is 1. The van der Waals surface area contributed by atoms with Crippen molar-refractivity contribution < 1.29 is 19.6 Å². The number of carboxylic acids is 1. The summed E-state index contributed by atoms with van der Waals surface area (Å²) in [6.45, 7) is 1.96. The predicted octanol–water partition coefficient (Wildman–Crippen LogP) is 3.21. The van der Waals surface area contributed by atoms with Crippen LogP contribution in [0.2, 0.25) is 0 Å². The fourth-order valence-corrected chi connectivity index (χ4v) is 1.36. The second-order valence-corrected chi connectivity index (χ2v) is 4.11. The lowest BCUT2D eigenvalue weighted by molar-refractivity contribution is -0.384. The van der Waals surface area contributed by atoms with Crippen molar-refractivity contribution >= 4 is 29.3 Å². The average Bonchev–Trinajstić information content (AvgIpc) is 2.42. The second kappa shape index (κ2) is 7.30. The normalized spacial score (nSPS) is 11.6. The van der Waals surface area contributed by atoms with Gasteiger partial charge in [-0.3, -0.25) is 10.1 Å². The Bertz CT molecular complexity index is 580. The number of ether oxygens (including phenoxy) is 1. The molecule has 1 aromatic carbocycles. The Morgan fingerprint density at radius 3 is 2.80 bits per heavy atom. The highest BCUT2D eigenvalue weighted by Crippen LogP contribution is 2.26. The number of nitro benzene ring substituents is 1. The molecule has 0 aliphatic carbocycles. The van der Waals surface area contributed by atoms with E-state index in [-0.39, 0.29) is 12.3 Å². The molecule has 20 heavy (non-hydrogen) atoms. The van der Waals surface area contributed by atoms with Crippen molar-refractivity contribution in [2.75, 3.05) is 6.61 Å². The van der Waals surface area contributed by atoms with Gasteiger partial charge in [0.05, 0.1) is 4.92 Å². The van der Waals surface area contributed by atoms with Gasteiger partial charge < -0.3 is 9.84 Å². The maximum absolute atomic E-state index is 10.7. The smallest absolute Gasteiger partial charge is 0.328 e. The van der Waals surface area contributed by atoms with Crippen LogP contribution < -0.4 is 4.74 Å². The fourth-order valence-electron chi connectivity index (χ4n) is 1.30. The Kier molecular flexibility index (Phi) is 5.74. The molecule has 0 atom stereocenters. The zero-order valence-corrected chi connectivity index (χ0v) is 11.3. The number of hydrogen-bond donors (Lipinski definition) is 1. The molecular weight excluding hydrogens is 286 g/mol. The predicted molar refractivity (Wildman–Crippen MR) is 74.9 cm³/mol. The van der Waals surface area contributed by atoms with E-state index < -0.39 is 10.9 Å². The number of benzene rings is 1. The minimum atomic E-state index is -1.15. The lowest BCUT2D eigenvalue weighted by Crippen LogP contribution is -2.00. The van der Waals surface area contributed by atoms with Crippen LogP contribution in [0.1, 0.15) is 12.5 Å². The highest BCUT2D eigenvalue weighted by molar-refractivity contribution is 6.25. The molecule has 0 aliphatic rings. The van der Waals surface area contributed by atoms with Gasteiger partial charge in [-0.2, -0.15) is 0 Å². The van der Waals surface area contributed by atoms with E-state index in [1.807, 2.05) is 0 Å². The van der Waals surface area contributed by atoms with E-state index in [1.165, 1.54) is 29.8 Å². The summed E-state index contributed by atoms with van der Waals surface area (Å²) in [5.74, 6) is -0.815. The summed E-state index contributed by atoms with van der Waals surface area (Å²) in [7, 11) is 0. The molecule has 0 saturated carbocycles. The number of hydrogen-bond acceptors (Lipinski definition) is 4. The van der Waals surface area contributed by atoms with Gasteiger partial charge in [0.1, 0.15) is 12.4 Å². The minimum Gasteiger partial charge on any atom is -0.489 e. The van der Waals surface area contributed by atoms with Crippen LogP contribution in [0.5, 0.6) is 5.75 Å². The van der Waals surface area contributed by atoms with Gasteiger partial charge in [-0.1, -0.05) is 11.6 Å². The van der Waals surface area contributed by atoms with Gasteiger partial charge >= 0.3 is 5.97 Å². The third-order valence-corrected chi connectivity index (χ3v) is 2.62. The number of nitro groups is 1. The van der Waals surface area contributed by atoms with Gasteiger partial charge in [0.2, 0.25) is 0 Å². The van der Waals surface area contributed by atoms with E-state index in [1.54, 1.807) is 6.92 Å². The van der Waals surface area contributed by atoms with Gasteiger partial charge in [0.15, 0.2) is 0 Å². The van der Waals surface area contributed by atoms with Gasteiger partial charge in [-0.05, 0) is 24.6 Å². The summed E-state index contributed by atoms with van der Waals surface area (Å²) >= 11 is 5.50. The summed E-state index contributed by atoms with van der Waals surface area (Å²) in [5.41, 5.74) is 2.28. The van der Waals surface area contributed by atoms with E-state index in [0.717, 1.165) is 11.6 Å². The molecule has 0 radical (unpaired) electrons. The van der Waals surface area contributed by atoms with Crippen molar-refractivity contribution in [3.8, 4) is 5.75 Å². The Balaban J connectivity index is 3.08. The third-order valence-electron chi connectivity index (χ3n) is 2.25. The van der Waals surface area contributed by atoms with Crippen molar-refractivity contribution in [3.05, 3.63) is 51.1 Å². The van der Waals surface area contributed by atoms with Gasteiger partial charge in [0.25, 0.3) is 5.69 Å². The summed E-state index contributed by atoms with van der Waals surface area (Å²) in [4.78, 5) is 20.7. The number of carboxylic acid groups (broad SMARTS) is 1. The maximum Gasteiger partial charge on any atom is 0.328 e. The van der Waals surface area contributed by atoms with Crippen molar-refractivity contribution in [1.29, 1.82) is 0 Å². The summed E-state index contributed by atoms with van der Waals surface area (Å²) < 4.78 is 5.44. The summed E-state index contributed by atoms with van der Waals surface area (Å²) in [6, 6.07) is 3.95. The van der Waals surface area contributed by atoms with E-state index in [9.17, 15) is 14.9 Å². The first-order chi connectivity index (χ1) is 9.43. The number of halogens is 1. The van der Waals surface area contributed by atoms with Crippen molar-refractivity contribution in [2.24, 2.45) is 0 Å². The van der Waals surface area contributed by atoms with E-state index >= 15 is 0 Å². The summed E-state index contributed by atoms with van der Waals surface area (Å²) in [6.07, 6.45) is 2.13. The zero-order chi connectivity index (χ0) is 15.1. The van der Waals surface area contributed by atoms with Crippen LogP contribution >= 0.6 is 11.6 Å². The van der Waals surface area contributed by atoms with Gasteiger partial charge in [0, 0.05) is 29.3 Å². The van der Waals surface area contributed by atoms with Crippen LogP contribution in [0.25, 0.3) is 6.08 Å². The SMILES string of the molecule is C/C(=C/Cl)COc1ccc([N+](=O)[O-])cc1/C=C/C(=O)O. The molecule has 0 fully saturated rings. The molecule has 7 heteroatoms. The highest BCUT2D eigenvalue weighted by Gasteiger charge is 2.10. The maximum atomic E-state index is 10.7. The van der Waals surface area contributed by atoms with E-state index in [0.29, 0.717) is 11.3 Å². The average molecular weight is 298 g/mol. The van der Waals surface area contributed by atoms with Crippen LogP contribution in [0.15, 0.2) is 35.4 Å². The first kappa shape index (κ1) is 15.7. The topological polar surface area (TPSA) is 89.7 Å². The molecule has 106 valence electrons. The second-order valence-electron chi connectivity index (χ2n) is 3.89. The van der Waals surface area contributed by atoms with Crippen LogP contribution in [-0.4, -0.2) is 22.6 Å². The number of aliphatic carboxylic acids is 1. The lowest BCUT2D eigenvalue weighted by atomic mass is 10.1. The molecule has 0 aliphatic heterocycles. The molecule has 0 amide bonds.